The number of nitrogens with zero attached hydrogens (tertiary/aromatic N) is 3. The second-order valence-electron chi connectivity index (χ2n) is 5.29. The Bertz CT molecular complexity index is 917. The van der Waals surface area contributed by atoms with Gasteiger partial charge in [-0.2, -0.15) is 0 Å². The average Bonchev–Trinajstić information content (AvgIpc) is 3.22. The molecule has 0 amide bonds. The van der Waals surface area contributed by atoms with Gasteiger partial charge in [0.1, 0.15) is 23.0 Å². The largest absolute Gasteiger partial charge is 0.497 e. The monoisotopic (exact) mass is 345 g/mol. The first kappa shape index (κ1) is 16.7. The third kappa shape index (κ3) is 3.37. The summed E-state index contributed by atoms with van der Waals surface area (Å²) < 4.78 is 31.1. The molecule has 0 aliphatic carbocycles. The summed E-state index contributed by atoms with van der Waals surface area (Å²) >= 11 is 0. The van der Waals surface area contributed by atoms with Crippen molar-refractivity contribution in [1.82, 2.24) is 14.5 Å². The Hall–Kier alpha value is -3.16. The molecular formula is C17H16FN3O4. The van der Waals surface area contributed by atoms with Gasteiger partial charge in [-0.25, -0.2) is 19.2 Å². The molecule has 7 nitrogen and oxygen atoms in total. The van der Waals surface area contributed by atoms with E-state index in [4.69, 9.17) is 9.15 Å². The van der Waals surface area contributed by atoms with Crippen LogP contribution < -0.4 is 4.74 Å². The number of oxazole rings is 1. The van der Waals surface area contributed by atoms with Crippen LogP contribution in [0, 0.1) is 12.7 Å². The number of benzene rings is 1. The summed E-state index contributed by atoms with van der Waals surface area (Å²) in [6.45, 7) is 2.06. The molecule has 3 aromatic rings. The van der Waals surface area contributed by atoms with E-state index in [0.717, 1.165) is 0 Å². The number of hydrogen-bond acceptors (Lipinski definition) is 6. The van der Waals surface area contributed by atoms with E-state index in [0.29, 0.717) is 23.7 Å². The maximum atomic E-state index is 14.1. The number of imidazole rings is 1. The lowest BCUT2D eigenvalue weighted by atomic mass is 10.2. The molecule has 1 aromatic carbocycles. The predicted octanol–water partition coefficient (Wildman–Crippen LogP) is 2.83. The highest BCUT2D eigenvalue weighted by molar-refractivity contribution is 5.86. The molecule has 0 saturated carbocycles. The number of aryl methyl sites for hydroxylation is 1. The molecule has 2 aromatic heterocycles. The maximum absolute atomic E-state index is 14.1. The lowest BCUT2D eigenvalue weighted by Crippen LogP contribution is -2.02. The molecule has 25 heavy (non-hydrogen) atoms. The standard InChI is InChI=1S/C17H16FN3O4/c1-10-14(7-21-8-15(19-9-21)17(22)24-3)20-16(25-10)12-6-11(23-2)4-5-13(12)18/h4-6,8-9H,7H2,1-3H3. The van der Waals surface area contributed by atoms with Gasteiger partial charge in [-0.15, -0.1) is 0 Å². The molecule has 0 fully saturated rings. The fourth-order valence-corrected chi connectivity index (χ4v) is 2.31. The lowest BCUT2D eigenvalue weighted by Gasteiger charge is -2.02. The summed E-state index contributed by atoms with van der Waals surface area (Å²) in [5.74, 6) is 0.243. The van der Waals surface area contributed by atoms with Gasteiger partial charge in [0.05, 0.1) is 32.7 Å². The van der Waals surface area contributed by atoms with Gasteiger partial charge in [-0.05, 0) is 25.1 Å². The topological polar surface area (TPSA) is 79.4 Å². The van der Waals surface area contributed by atoms with E-state index < -0.39 is 11.8 Å². The first-order chi connectivity index (χ1) is 12.0. The normalized spacial score (nSPS) is 10.7. The van der Waals surface area contributed by atoms with E-state index >= 15 is 0 Å². The Morgan fingerprint density at radius 3 is 2.88 bits per heavy atom. The minimum Gasteiger partial charge on any atom is -0.497 e. The van der Waals surface area contributed by atoms with Gasteiger partial charge in [0.2, 0.25) is 5.89 Å². The first-order valence-electron chi connectivity index (χ1n) is 7.42. The molecule has 0 atom stereocenters. The molecule has 0 N–H and O–H groups in total. The minimum absolute atomic E-state index is 0.164. The van der Waals surface area contributed by atoms with Crippen LogP contribution >= 0.6 is 0 Å². The molecule has 0 aliphatic rings. The van der Waals surface area contributed by atoms with Crippen molar-refractivity contribution in [1.29, 1.82) is 0 Å². The highest BCUT2D eigenvalue weighted by Gasteiger charge is 2.17. The number of esters is 1. The van der Waals surface area contributed by atoms with Gasteiger partial charge >= 0.3 is 5.97 Å². The van der Waals surface area contributed by atoms with Gasteiger partial charge < -0.3 is 18.5 Å². The van der Waals surface area contributed by atoms with Crippen molar-refractivity contribution in [3.05, 3.63) is 53.7 Å². The van der Waals surface area contributed by atoms with Crippen molar-refractivity contribution in [2.45, 2.75) is 13.5 Å². The third-order valence-corrected chi connectivity index (χ3v) is 3.66. The van der Waals surface area contributed by atoms with Crippen LogP contribution in [0.3, 0.4) is 0 Å². The van der Waals surface area contributed by atoms with Crippen molar-refractivity contribution in [3.8, 4) is 17.2 Å². The van der Waals surface area contributed by atoms with Crippen molar-refractivity contribution < 1.29 is 23.1 Å². The molecule has 130 valence electrons. The molecule has 3 rings (SSSR count). The van der Waals surface area contributed by atoms with Crippen LogP contribution in [0.2, 0.25) is 0 Å². The molecule has 0 spiro atoms. The molecule has 2 heterocycles. The zero-order valence-corrected chi connectivity index (χ0v) is 13.9. The number of ether oxygens (including phenoxy) is 2. The van der Waals surface area contributed by atoms with E-state index in [2.05, 4.69) is 14.7 Å². The van der Waals surface area contributed by atoms with Crippen molar-refractivity contribution in [2.24, 2.45) is 0 Å². The van der Waals surface area contributed by atoms with Gasteiger partial charge in [-0.1, -0.05) is 0 Å². The van der Waals surface area contributed by atoms with E-state index in [1.165, 1.54) is 38.7 Å². The molecule has 0 bridgehead atoms. The van der Waals surface area contributed by atoms with Crippen molar-refractivity contribution >= 4 is 5.97 Å². The molecular weight excluding hydrogens is 329 g/mol. The van der Waals surface area contributed by atoms with E-state index in [1.807, 2.05) is 0 Å². The van der Waals surface area contributed by atoms with Crippen LogP contribution in [0.5, 0.6) is 5.75 Å². The Morgan fingerprint density at radius 2 is 2.16 bits per heavy atom. The third-order valence-electron chi connectivity index (χ3n) is 3.66. The van der Waals surface area contributed by atoms with Crippen molar-refractivity contribution in [2.75, 3.05) is 14.2 Å². The van der Waals surface area contributed by atoms with E-state index in [1.54, 1.807) is 17.7 Å². The average molecular weight is 345 g/mol. The molecule has 0 unspecified atom stereocenters. The number of halogens is 1. The summed E-state index contributed by atoms with van der Waals surface area (Å²) in [4.78, 5) is 19.8. The Morgan fingerprint density at radius 1 is 1.36 bits per heavy atom. The smallest absolute Gasteiger partial charge is 0.358 e. The number of aromatic nitrogens is 3. The zero-order valence-electron chi connectivity index (χ0n) is 13.9. The summed E-state index contributed by atoms with van der Waals surface area (Å²) in [6, 6.07) is 4.35. The van der Waals surface area contributed by atoms with Crippen LogP contribution in [-0.4, -0.2) is 34.7 Å². The lowest BCUT2D eigenvalue weighted by molar-refractivity contribution is 0.0594. The second-order valence-corrected chi connectivity index (χ2v) is 5.29. The SMILES string of the molecule is COC(=O)c1cn(Cc2nc(-c3cc(OC)ccc3F)oc2C)cn1. The molecule has 0 radical (unpaired) electrons. The minimum atomic E-state index is -0.519. The fourth-order valence-electron chi connectivity index (χ4n) is 2.31. The Labute approximate surface area is 143 Å². The van der Waals surface area contributed by atoms with Crippen LogP contribution in [0.15, 0.2) is 35.1 Å². The molecule has 0 saturated heterocycles. The van der Waals surface area contributed by atoms with Crippen LogP contribution in [0.1, 0.15) is 21.9 Å². The van der Waals surface area contributed by atoms with Gasteiger partial charge in [0.15, 0.2) is 5.69 Å². The quantitative estimate of drug-likeness (QED) is 0.662. The highest BCUT2D eigenvalue weighted by atomic mass is 19.1. The van der Waals surface area contributed by atoms with Crippen LogP contribution in [0.4, 0.5) is 4.39 Å². The molecule has 0 aliphatic heterocycles. The summed E-state index contributed by atoms with van der Waals surface area (Å²) in [6.07, 6.45) is 3.04. The summed E-state index contributed by atoms with van der Waals surface area (Å²) in [5, 5.41) is 0. The van der Waals surface area contributed by atoms with Gasteiger partial charge in [0.25, 0.3) is 0 Å². The highest BCUT2D eigenvalue weighted by Crippen LogP contribution is 2.28. The number of carbonyl (C=O) groups is 1. The first-order valence-corrected chi connectivity index (χ1v) is 7.42. The summed E-state index contributed by atoms with van der Waals surface area (Å²) in [7, 11) is 2.79. The number of rotatable bonds is 5. The second kappa shape index (κ2) is 6.76. The predicted molar refractivity (Wildman–Crippen MR) is 85.9 cm³/mol. The Kier molecular flexibility index (Phi) is 4.51. The van der Waals surface area contributed by atoms with E-state index in [9.17, 15) is 9.18 Å². The summed E-state index contributed by atoms with van der Waals surface area (Å²) in [5.41, 5.74) is 1.02. The van der Waals surface area contributed by atoms with Crippen molar-refractivity contribution in [3.63, 3.8) is 0 Å². The van der Waals surface area contributed by atoms with Crippen LogP contribution in [-0.2, 0) is 11.3 Å². The Balaban J connectivity index is 1.88. The zero-order chi connectivity index (χ0) is 18.0. The van der Waals surface area contributed by atoms with Gasteiger partial charge in [-0.3, -0.25) is 0 Å². The fraction of sp³-hybridized carbons (Fsp3) is 0.235. The molecule has 8 heteroatoms. The maximum Gasteiger partial charge on any atom is 0.358 e. The number of carbonyl (C=O) groups excluding carboxylic acids is 1. The van der Waals surface area contributed by atoms with Crippen LogP contribution in [0.25, 0.3) is 11.5 Å². The number of hydrogen-bond donors (Lipinski definition) is 0. The van der Waals surface area contributed by atoms with Gasteiger partial charge in [0, 0.05) is 6.20 Å². The number of methoxy groups -OCH3 is 2. The van der Waals surface area contributed by atoms with E-state index in [-0.39, 0.29) is 17.1 Å².